The number of halogens is 3. The third-order valence-corrected chi connectivity index (χ3v) is 8.61. The second-order valence-electron chi connectivity index (χ2n) is 8.95. The van der Waals surface area contributed by atoms with Crippen molar-refractivity contribution >= 4 is 38.7 Å². The van der Waals surface area contributed by atoms with Gasteiger partial charge in [0, 0.05) is 54.0 Å². The molecular weight excluding hydrogens is 481 g/mol. The van der Waals surface area contributed by atoms with Crippen LogP contribution in [0.25, 0.3) is 20.8 Å². The third-order valence-electron chi connectivity index (χ3n) is 6.14. The van der Waals surface area contributed by atoms with Gasteiger partial charge in [-0.25, -0.2) is 4.98 Å². The van der Waals surface area contributed by atoms with Gasteiger partial charge in [0.25, 0.3) is 0 Å². The maximum atomic E-state index is 13.2. The van der Waals surface area contributed by atoms with E-state index in [4.69, 9.17) is 4.74 Å². The summed E-state index contributed by atoms with van der Waals surface area (Å²) in [5.74, 6) is 0.186. The molecule has 0 spiro atoms. The number of nitrogens with one attached hydrogen (secondary N) is 1. The first-order chi connectivity index (χ1) is 16.2. The molecule has 2 aromatic heterocycles. The molecule has 1 aliphatic rings. The molecule has 2 atom stereocenters. The monoisotopic (exact) mass is 510 g/mol. The highest BCUT2D eigenvalue weighted by molar-refractivity contribution is 7.22. The Hall–Kier alpha value is -1.81. The van der Waals surface area contributed by atoms with Crippen LogP contribution in [-0.4, -0.2) is 30.5 Å². The lowest BCUT2D eigenvalue weighted by Gasteiger charge is -2.26. The number of nitrogens with zero attached hydrogens (tertiary/aromatic N) is 1. The zero-order valence-corrected chi connectivity index (χ0v) is 21.2. The van der Waals surface area contributed by atoms with Crippen LogP contribution in [0.1, 0.15) is 66.5 Å². The van der Waals surface area contributed by atoms with Crippen molar-refractivity contribution in [2.45, 2.75) is 70.6 Å². The molecule has 3 heterocycles. The van der Waals surface area contributed by atoms with Crippen LogP contribution in [0.3, 0.4) is 0 Å². The molecule has 1 N–H and O–H groups in total. The average molecular weight is 511 g/mol. The molecule has 0 fully saturated rings. The smallest absolute Gasteiger partial charge is 0.385 e. The van der Waals surface area contributed by atoms with Gasteiger partial charge in [0.15, 0.2) is 0 Å². The Labute approximate surface area is 205 Å². The number of methoxy groups -OCH3 is 1. The number of hydrogen-bond acceptors (Lipinski definition) is 6. The third kappa shape index (κ3) is 5.53. The van der Waals surface area contributed by atoms with Crippen LogP contribution in [-0.2, 0) is 28.5 Å². The first-order valence-corrected chi connectivity index (χ1v) is 13.2. The SMILES string of the molecule is COCCCCCC(=O)Cc1sc2c(c1-c1nc3cc(C(F)(F)F)ccc3s1)C[C@@H](C)N[C@@H]2C. The normalized spacial score (nSPS) is 18.4. The number of hydrogen-bond donors (Lipinski definition) is 1. The first kappa shape index (κ1) is 25.3. The van der Waals surface area contributed by atoms with Crippen molar-refractivity contribution in [3.63, 3.8) is 0 Å². The fourth-order valence-electron chi connectivity index (χ4n) is 4.55. The molecule has 1 aromatic carbocycles. The lowest BCUT2D eigenvalue weighted by Crippen LogP contribution is -2.35. The molecule has 0 unspecified atom stereocenters. The van der Waals surface area contributed by atoms with Crippen LogP contribution in [0.5, 0.6) is 0 Å². The Bertz CT molecular complexity index is 1170. The van der Waals surface area contributed by atoms with Crippen LogP contribution < -0.4 is 5.32 Å². The van der Waals surface area contributed by atoms with E-state index in [2.05, 4.69) is 24.1 Å². The fraction of sp³-hybridized carbons (Fsp3) is 0.520. The summed E-state index contributed by atoms with van der Waals surface area (Å²) in [5, 5.41) is 4.26. The molecule has 4 rings (SSSR count). The number of unbranched alkanes of at least 4 members (excludes halogenated alkanes) is 2. The average Bonchev–Trinajstić information content (AvgIpc) is 3.33. The number of carbonyl (C=O) groups is 1. The molecule has 1 aliphatic heterocycles. The minimum absolute atomic E-state index is 0.159. The predicted molar refractivity (Wildman–Crippen MR) is 132 cm³/mol. The maximum Gasteiger partial charge on any atom is 0.416 e. The Morgan fingerprint density at radius 3 is 2.74 bits per heavy atom. The van der Waals surface area contributed by atoms with Gasteiger partial charge < -0.3 is 10.1 Å². The lowest BCUT2D eigenvalue weighted by molar-refractivity contribution is -0.137. The van der Waals surface area contributed by atoms with Crippen LogP contribution in [0, 0.1) is 0 Å². The molecule has 184 valence electrons. The minimum Gasteiger partial charge on any atom is -0.385 e. The number of ketones is 1. The highest BCUT2D eigenvalue weighted by Gasteiger charge is 2.32. The van der Waals surface area contributed by atoms with Gasteiger partial charge in [0.05, 0.1) is 15.8 Å². The zero-order valence-electron chi connectivity index (χ0n) is 19.6. The summed E-state index contributed by atoms with van der Waals surface area (Å²) in [6.07, 6.45) is -0.0244. The highest BCUT2D eigenvalue weighted by Crippen LogP contribution is 2.45. The Morgan fingerprint density at radius 1 is 1.21 bits per heavy atom. The zero-order chi connectivity index (χ0) is 24.5. The quantitative estimate of drug-likeness (QED) is 0.316. The second kappa shape index (κ2) is 10.4. The molecule has 9 heteroatoms. The van der Waals surface area contributed by atoms with Gasteiger partial charge in [-0.1, -0.05) is 6.42 Å². The van der Waals surface area contributed by atoms with E-state index in [1.807, 2.05) is 0 Å². The van der Waals surface area contributed by atoms with Crippen LogP contribution >= 0.6 is 22.7 Å². The van der Waals surface area contributed by atoms with E-state index in [1.165, 1.54) is 27.8 Å². The number of benzene rings is 1. The van der Waals surface area contributed by atoms with Gasteiger partial charge in [-0.05, 0) is 56.9 Å². The van der Waals surface area contributed by atoms with Crippen molar-refractivity contribution in [1.29, 1.82) is 0 Å². The molecule has 0 aliphatic carbocycles. The molecule has 0 saturated heterocycles. The van der Waals surface area contributed by atoms with Gasteiger partial charge in [0.2, 0.25) is 0 Å². The van der Waals surface area contributed by atoms with Crippen molar-refractivity contribution in [3.05, 3.63) is 39.1 Å². The van der Waals surface area contributed by atoms with Crippen molar-refractivity contribution < 1.29 is 22.7 Å². The van der Waals surface area contributed by atoms with Crippen LogP contribution in [0.4, 0.5) is 13.2 Å². The summed E-state index contributed by atoms with van der Waals surface area (Å²) >= 11 is 3.04. The fourth-order valence-corrected chi connectivity index (χ4v) is 7.04. The topological polar surface area (TPSA) is 51.2 Å². The Morgan fingerprint density at radius 2 is 2.00 bits per heavy atom. The van der Waals surface area contributed by atoms with Crippen LogP contribution in [0.15, 0.2) is 18.2 Å². The number of thiazole rings is 1. The van der Waals surface area contributed by atoms with Gasteiger partial charge in [0.1, 0.15) is 10.8 Å². The number of rotatable bonds is 9. The molecule has 0 bridgehead atoms. The largest absolute Gasteiger partial charge is 0.416 e. The minimum atomic E-state index is -4.41. The molecule has 0 radical (unpaired) electrons. The van der Waals surface area contributed by atoms with Crippen molar-refractivity contribution in [2.75, 3.05) is 13.7 Å². The maximum absolute atomic E-state index is 13.2. The summed E-state index contributed by atoms with van der Waals surface area (Å²) in [6, 6.07) is 4.15. The number of fused-ring (bicyclic) bond motifs is 2. The summed E-state index contributed by atoms with van der Waals surface area (Å²) < 4.78 is 45.4. The van der Waals surface area contributed by atoms with Gasteiger partial charge in [-0.2, -0.15) is 13.2 Å². The summed E-state index contributed by atoms with van der Waals surface area (Å²) in [6.45, 7) is 4.94. The number of ether oxygens (including phenoxy) is 1. The molecule has 0 saturated carbocycles. The number of Topliss-reactive ketones (excluding diaryl/α,β-unsaturated/α-hetero) is 1. The van der Waals surface area contributed by atoms with E-state index in [0.717, 1.165) is 48.3 Å². The van der Waals surface area contributed by atoms with Gasteiger partial charge >= 0.3 is 6.18 Å². The molecule has 34 heavy (non-hydrogen) atoms. The lowest BCUT2D eigenvalue weighted by atomic mass is 9.94. The summed E-state index contributed by atoms with van der Waals surface area (Å²) in [5.41, 5.74) is 1.80. The molecule has 3 aromatic rings. The van der Waals surface area contributed by atoms with Crippen molar-refractivity contribution in [3.8, 4) is 10.6 Å². The first-order valence-electron chi connectivity index (χ1n) is 11.6. The van der Waals surface area contributed by atoms with E-state index in [-0.39, 0.29) is 17.9 Å². The van der Waals surface area contributed by atoms with E-state index < -0.39 is 11.7 Å². The highest BCUT2D eigenvalue weighted by atomic mass is 32.1. The summed E-state index contributed by atoms with van der Waals surface area (Å²) in [7, 11) is 1.67. The van der Waals surface area contributed by atoms with Gasteiger partial charge in [-0.15, -0.1) is 22.7 Å². The molecular formula is C25H29F3N2O2S2. The number of carbonyl (C=O) groups excluding carboxylic acids is 1. The van der Waals surface area contributed by atoms with Gasteiger partial charge in [-0.3, -0.25) is 4.79 Å². The Kier molecular flexibility index (Phi) is 7.76. The Balaban J connectivity index is 1.67. The van der Waals surface area contributed by atoms with E-state index in [1.54, 1.807) is 18.4 Å². The number of aromatic nitrogens is 1. The van der Waals surface area contributed by atoms with E-state index in [9.17, 15) is 18.0 Å². The van der Waals surface area contributed by atoms with E-state index in [0.29, 0.717) is 34.7 Å². The van der Waals surface area contributed by atoms with Crippen molar-refractivity contribution in [1.82, 2.24) is 10.3 Å². The predicted octanol–water partition coefficient (Wildman–Crippen LogP) is 6.96. The number of thiophene rings is 1. The molecule has 4 nitrogen and oxygen atoms in total. The molecule has 0 amide bonds. The van der Waals surface area contributed by atoms with Crippen molar-refractivity contribution in [2.24, 2.45) is 0 Å². The van der Waals surface area contributed by atoms with E-state index >= 15 is 0 Å². The standard InChI is InChI=1S/C25H29F3N2O2S2/c1-14-11-18-22(24-30-19-12-16(25(26,27)28)8-9-20(19)34-24)21(33-23(18)15(2)29-14)13-17(31)7-5-4-6-10-32-3/h8-9,12,14-15,29H,4-7,10-11,13H2,1-3H3/t14-,15-/m1/s1. The number of alkyl halides is 3. The van der Waals surface area contributed by atoms with Crippen LogP contribution in [0.2, 0.25) is 0 Å². The summed E-state index contributed by atoms with van der Waals surface area (Å²) in [4.78, 5) is 19.6. The second-order valence-corrected chi connectivity index (χ2v) is 11.1.